The minimum atomic E-state index is -0.135. The van der Waals surface area contributed by atoms with Crippen LogP contribution in [0.2, 0.25) is 0 Å². The fourth-order valence-corrected chi connectivity index (χ4v) is 3.36. The van der Waals surface area contributed by atoms with Crippen LogP contribution in [0.1, 0.15) is 46.5 Å². The number of aliphatic hydroxyl groups is 1. The minimum Gasteiger partial charge on any atom is -0.393 e. The van der Waals surface area contributed by atoms with Gasteiger partial charge in [0.25, 0.3) is 0 Å². The lowest BCUT2D eigenvalue weighted by molar-refractivity contribution is 0.0547. The molecule has 3 heteroatoms. The zero-order valence-electron chi connectivity index (χ0n) is 11.7. The Labute approximate surface area is 112 Å². The maximum Gasteiger partial charge on any atom is 0.0541 e. The molecule has 1 fully saturated rings. The summed E-state index contributed by atoms with van der Waals surface area (Å²) in [6, 6.07) is 0. The van der Waals surface area contributed by atoms with Crippen molar-refractivity contribution in [3.05, 3.63) is 0 Å². The third-order valence-corrected chi connectivity index (χ3v) is 5.38. The summed E-state index contributed by atoms with van der Waals surface area (Å²) in [5.41, 5.74) is 0.390. The number of nitrogens with zero attached hydrogens (tertiary/aromatic N) is 1. The second-order valence-corrected chi connectivity index (χ2v) is 6.04. The van der Waals surface area contributed by atoms with Crippen molar-refractivity contribution in [2.75, 3.05) is 25.4 Å². The van der Waals surface area contributed by atoms with Crippen molar-refractivity contribution < 1.29 is 5.11 Å². The van der Waals surface area contributed by atoms with Gasteiger partial charge in [0.15, 0.2) is 0 Å². The molecule has 0 spiro atoms. The Morgan fingerprint density at radius 1 is 1.29 bits per heavy atom. The van der Waals surface area contributed by atoms with E-state index in [-0.39, 0.29) is 6.10 Å². The zero-order valence-corrected chi connectivity index (χ0v) is 12.5. The van der Waals surface area contributed by atoms with Gasteiger partial charge in [0, 0.05) is 6.54 Å². The molecule has 0 amide bonds. The highest BCUT2D eigenvalue weighted by molar-refractivity contribution is 7.80. The molecule has 0 aromatic carbocycles. The van der Waals surface area contributed by atoms with Crippen LogP contribution in [0, 0.1) is 11.3 Å². The van der Waals surface area contributed by atoms with Gasteiger partial charge in [-0.1, -0.05) is 13.8 Å². The molecule has 0 aliphatic carbocycles. The number of rotatable bonds is 6. The van der Waals surface area contributed by atoms with Crippen LogP contribution in [0.4, 0.5) is 0 Å². The summed E-state index contributed by atoms with van der Waals surface area (Å²) in [5.74, 6) is 1.50. The van der Waals surface area contributed by atoms with Gasteiger partial charge in [-0.15, -0.1) is 0 Å². The van der Waals surface area contributed by atoms with E-state index in [2.05, 4.69) is 31.4 Å². The summed E-state index contributed by atoms with van der Waals surface area (Å²) in [6.45, 7) is 9.95. The molecule has 17 heavy (non-hydrogen) atoms. The minimum absolute atomic E-state index is 0.135. The standard InChI is InChI=1S/C14H29NOS/c1-4-14(5-2,11-17)10-15-8-6-13(7-9-15)12(3)16/h12-13,16-17H,4-11H2,1-3H3. The van der Waals surface area contributed by atoms with Crippen molar-refractivity contribution in [1.29, 1.82) is 0 Å². The molecule has 0 aromatic heterocycles. The molecule has 1 N–H and O–H groups in total. The number of likely N-dealkylation sites (tertiary alicyclic amines) is 1. The third kappa shape index (κ3) is 4.15. The zero-order chi connectivity index (χ0) is 12.9. The molecule has 1 rings (SSSR count). The van der Waals surface area contributed by atoms with Crippen LogP contribution in [-0.4, -0.2) is 41.5 Å². The van der Waals surface area contributed by atoms with Crippen molar-refractivity contribution in [2.24, 2.45) is 11.3 Å². The van der Waals surface area contributed by atoms with Crippen LogP contribution in [0.15, 0.2) is 0 Å². The van der Waals surface area contributed by atoms with E-state index in [4.69, 9.17) is 0 Å². The second kappa shape index (κ2) is 7.01. The number of thiol groups is 1. The molecule has 0 radical (unpaired) electrons. The fraction of sp³-hybridized carbons (Fsp3) is 1.00. The SMILES string of the molecule is CCC(CC)(CS)CN1CCC(C(C)O)CC1. The van der Waals surface area contributed by atoms with Gasteiger partial charge in [-0.05, 0) is 62.8 Å². The van der Waals surface area contributed by atoms with Crippen LogP contribution in [0.5, 0.6) is 0 Å². The molecule has 0 saturated carbocycles. The first-order chi connectivity index (χ1) is 8.06. The first-order valence-electron chi connectivity index (χ1n) is 7.08. The summed E-state index contributed by atoms with van der Waals surface area (Å²) >= 11 is 4.54. The van der Waals surface area contributed by atoms with Gasteiger partial charge in [0.05, 0.1) is 6.10 Å². The number of hydrogen-bond acceptors (Lipinski definition) is 3. The Morgan fingerprint density at radius 2 is 1.82 bits per heavy atom. The lowest BCUT2D eigenvalue weighted by atomic mass is 9.82. The van der Waals surface area contributed by atoms with Crippen LogP contribution >= 0.6 is 12.6 Å². The number of piperidine rings is 1. The van der Waals surface area contributed by atoms with Crippen LogP contribution in [-0.2, 0) is 0 Å². The van der Waals surface area contributed by atoms with Gasteiger partial charge in [0.1, 0.15) is 0 Å². The van der Waals surface area contributed by atoms with Crippen molar-refractivity contribution in [3.8, 4) is 0 Å². The summed E-state index contributed by atoms with van der Waals surface area (Å²) in [7, 11) is 0. The van der Waals surface area contributed by atoms with Gasteiger partial charge in [-0.2, -0.15) is 12.6 Å². The molecule has 0 bridgehead atoms. The Kier molecular flexibility index (Phi) is 6.32. The predicted molar refractivity (Wildman–Crippen MR) is 77.7 cm³/mol. The Hall–Kier alpha value is 0.270. The molecular weight excluding hydrogens is 230 g/mol. The Morgan fingerprint density at radius 3 is 2.18 bits per heavy atom. The first-order valence-corrected chi connectivity index (χ1v) is 7.71. The van der Waals surface area contributed by atoms with Crippen LogP contribution in [0.3, 0.4) is 0 Å². The average Bonchev–Trinajstić information content (AvgIpc) is 2.37. The Bertz CT molecular complexity index is 200. The normalized spacial score (nSPS) is 21.7. The van der Waals surface area contributed by atoms with Crippen molar-refractivity contribution in [1.82, 2.24) is 4.90 Å². The predicted octanol–water partition coefficient (Wildman–Crippen LogP) is 2.82. The highest BCUT2D eigenvalue weighted by Crippen LogP contribution is 2.31. The molecule has 1 unspecified atom stereocenters. The first kappa shape index (κ1) is 15.3. The fourth-order valence-electron chi connectivity index (χ4n) is 2.82. The van der Waals surface area contributed by atoms with Gasteiger partial charge in [-0.25, -0.2) is 0 Å². The highest BCUT2D eigenvalue weighted by Gasteiger charge is 2.30. The van der Waals surface area contributed by atoms with Crippen LogP contribution in [0.25, 0.3) is 0 Å². The number of hydrogen-bond donors (Lipinski definition) is 2. The molecule has 102 valence electrons. The number of aliphatic hydroxyl groups excluding tert-OH is 1. The second-order valence-electron chi connectivity index (χ2n) is 5.72. The largest absolute Gasteiger partial charge is 0.393 e. The maximum absolute atomic E-state index is 9.60. The topological polar surface area (TPSA) is 23.5 Å². The van der Waals surface area contributed by atoms with Crippen molar-refractivity contribution in [2.45, 2.75) is 52.6 Å². The van der Waals surface area contributed by atoms with Crippen molar-refractivity contribution >= 4 is 12.6 Å². The molecule has 1 saturated heterocycles. The summed E-state index contributed by atoms with van der Waals surface area (Å²) in [6.07, 6.45) is 4.58. The lowest BCUT2D eigenvalue weighted by Gasteiger charge is -2.40. The van der Waals surface area contributed by atoms with Crippen molar-refractivity contribution in [3.63, 3.8) is 0 Å². The van der Waals surface area contributed by atoms with E-state index in [0.29, 0.717) is 11.3 Å². The monoisotopic (exact) mass is 259 g/mol. The van der Waals surface area contributed by atoms with E-state index in [1.807, 2.05) is 6.92 Å². The molecule has 1 aliphatic rings. The van der Waals surface area contributed by atoms with Gasteiger partial charge >= 0.3 is 0 Å². The smallest absolute Gasteiger partial charge is 0.0541 e. The third-order valence-electron chi connectivity index (χ3n) is 4.71. The van der Waals surface area contributed by atoms with E-state index in [0.717, 1.165) is 31.7 Å². The summed E-state index contributed by atoms with van der Waals surface area (Å²) in [4.78, 5) is 2.57. The van der Waals surface area contributed by atoms with Crippen LogP contribution < -0.4 is 0 Å². The van der Waals surface area contributed by atoms with E-state index < -0.39 is 0 Å². The quantitative estimate of drug-likeness (QED) is 0.717. The molecule has 1 atom stereocenters. The average molecular weight is 259 g/mol. The Balaban J connectivity index is 2.44. The van der Waals surface area contributed by atoms with Gasteiger partial charge < -0.3 is 10.0 Å². The molecule has 2 nitrogen and oxygen atoms in total. The maximum atomic E-state index is 9.60. The highest BCUT2D eigenvalue weighted by atomic mass is 32.1. The van der Waals surface area contributed by atoms with Gasteiger partial charge in [-0.3, -0.25) is 0 Å². The molecule has 0 aromatic rings. The van der Waals surface area contributed by atoms with E-state index in [1.54, 1.807) is 0 Å². The van der Waals surface area contributed by atoms with E-state index in [1.165, 1.54) is 19.4 Å². The van der Waals surface area contributed by atoms with E-state index in [9.17, 15) is 5.11 Å². The molecule has 1 heterocycles. The van der Waals surface area contributed by atoms with Gasteiger partial charge in [0.2, 0.25) is 0 Å². The molecule has 1 aliphatic heterocycles. The lowest BCUT2D eigenvalue weighted by Crippen LogP contribution is -2.44. The summed E-state index contributed by atoms with van der Waals surface area (Å²) in [5, 5.41) is 9.60. The van der Waals surface area contributed by atoms with E-state index >= 15 is 0 Å². The molecular formula is C14H29NOS. The summed E-state index contributed by atoms with van der Waals surface area (Å²) < 4.78 is 0.